The number of ether oxygens (including phenoxy) is 1. The van der Waals surface area contributed by atoms with Gasteiger partial charge in [-0.1, -0.05) is 30.3 Å². The van der Waals surface area contributed by atoms with Crippen molar-refractivity contribution in [3.63, 3.8) is 0 Å². The van der Waals surface area contributed by atoms with Crippen molar-refractivity contribution in [1.82, 2.24) is 0 Å². The maximum absolute atomic E-state index is 15.2. The highest BCUT2D eigenvalue weighted by atomic mass is 19.4. The van der Waals surface area contributed by atoms with E-state index in [0.29, 0.717) is 34.9 Å². The van der Waals surface area contributed by atoms with Crippen LogP contribution in [0.1, 0.15) is 60.3 Å². The average Bonchev–Trinajstić information content (AvgIpc) is 2.81. The highest BCUT2D eigenvalue weighted by Crippen LogP contribution is 2.38. The van der Waals surface area contributed by atoms with Crippen molar-refractivity contribution in [1.29, 1.82) is 0 Å². The smallest absolute Gasteiger partial charge is 0.385 e. The van der Waals surface area contributed by atoms with E-state index in [1.165, 1.54) is 5.56 Å². The van der Waals surface area contributed by atoms with Gasteiger partial charge < -0.3 is 4.74 Å². The minimum atomic E-state index is -5.11. The Morgan fingerprint density at radius 1 is 0.857 bits per heavy atom. The lowest BCUT2D eigenvalue weighted by Crippen LogP contribution is -2.14. The molecule has 188 valence electrons. The Hall–Kier alpha value is -2.54. The van der Waals surface area contributed by atoms with Crippen LogP contribution in [0.3, 0.4) is 0 Å². The quantitative estimate of drug-likeness (QED) is 0.300. The maximum Gasteiger partial charge on any atom is 0.422 e. The van der Waals surface area contributed by atoms with Crippen LogP contribution in [0.4, 0.5) is 26.3 Å². The molecule has 0 radical (unpaired) electrons. The second kappa shape index (κ2) is 10.6. The Bertz CT molecular complexity index is 1160. The molecule has 1 aliphatic rings. The molecule has 0 unspecified atom stereocenters. The fraction of sp³-hybridized carbons (Fsp3) is 0.429. The predicted molar refractivity (Wildman–Crippen MR) is 124 cm³/mol. The normalized spacial score (nSPS) is 18.8. The Labute approximate surface area is 201 Å². The summed E-state index contributed by atoms with van der Waals surface area (Å²) >= 11 is 0. The maximum atomic E-state index is 15.2. The van der Waals surface area contributed by atoms with Crippen molar-refractivity contribution in [2.75, 3.05) is 13.7 Å². The SMILES string of the molecule is COCCC1CCC(c2ccc3c(F)c(CCc4cc(F)c(C(F)(F)F)c(F)c4)ccc3c2)CC1. The molecule has 0 atom stereocenters. The number of halogens is 6. The zero-order valence-corrected chi connectivity index (χ0v) is 19.5. The van der Waals surface area contributed by atoms with Gasteiger partial charge in [0.05, 0.1) is 0 Å². The molecule has 0 bridgehead atoms. The second-order valence-electron chi connectivity index (χ2n) is 9.45. The van der Waals surface area contributed by atoms with E-state index in [4.69, 9.17) is 4.74 Å². The number of aryl methyl sites for hydroxylation is 2. The summed E-state index contributed by atoms with van der Waals surface area (Å²) < 4.78 is 86.4. The molecule has 0 spiro atoms. The molecule has 0 saturated heterocycles. The van der Waals surface area contributed by atoms with E-state index in [0.717, 1.165) is 44.1 Å². The molecular formula is C28H28F6O. The van der Waals surface area contributed by atoms with Gasteiger partial charge >= 0.3 is 6.18 Å². The van der Waals surface area contributed by atoms with Crippen molar-refractivity contribution < 1.29 is 31.1 Å². The molecule has 1 fully saturated rings. The highest BCUT2D eigenvalue weighted by Gasteiger charge is 2.37. The van der Waals surface area contributed by atoms with E-state index in [2.05, 4.69) is 0 Å². The Morgan fingerprint density at radius 2 is 1.54 bits per heavy atom. The standard InChI is InChI=1S/C28H28F6O/c1-35-13-12-17-2-5-19(6-3-17)21-10-11-23-22(16-21)9-8-20(27(23)31)7-4-18-14-24(29)26(25(30)15-18)28(32,33)34/h8-11,14-17,19H,2-7,12-13H2,1H3. The van der Waals surface area contributed by atoms with E-state index in [-0.39, 0.29) is 18.4 Å². The fourth-order valence-corrected chi connectivity index (χ4v) is 5.19. The highest BCUT2D eigenvalue weighted by molar-refractivity contribution is 5.84. The zero-order valence-electron chi connectivity index (χ0n) is 19.5. The van der Waals surface area contributed by atoms with E-state index < -0.39 is 29.2 Å². The van der Waals surface area contributed by atoms with Crippen LogP contribution in [-0.2, 0) is 23.8 Å². The summed E-state index contributed by atoms with van der Waals surface area (Å²) in [6, 6.07) is 10.6. The van der Waals surface area contributed by atoms with Gasteiger partial charge in [-0.05, 0) is 91.0 Å². The van der Waals surface area contributed by atoms with Crippen LogP contribution in [-0.4, -0.2) is 13.7 Å². The first kappa shape index (κ1) is 25.5. The van der Waals surface area contributed by atoms with Crippen molar-refractivity contribution in [2.45, 2.75) is 57.0 Å². The van der Waals surface area contributed by atoms with Gasteiger partial charge in [0.1, 0.15) is 23.0 Å². The summed E-state index contributed by atoms with van der Waals surface area (Å²) in [5.41, 5.74) is -0.309. The molecule has 1 nitrogen and oxygen atoms in total. The van der Waals surface area contributed by atoms with Crippen LogP contribution in [0.25, 0.3) is 10.8 Å². The van der Waals surface area contributed by atoms with E-state index in [1.807, 2.05) is 18.2 Å². The van der Waals surface area contributed by atoms with Crippen molar-refractivity contribution in [3.8, 4) is 0 Å². The van der Waals surface area contributed by atoms with E-state index >= 15 is 4.39 Å². The molecule has 0 aromatic heterocycles. The number of methoxy groups -OCH3 is 1. The summed E-state index contributed by atoms with van der Waals surface area (Å²) in [4.78, 5) is 0. The van der Waals surface area contributed by atoms with Crippen LogP contribution >= 0.6 is 0 Å². The lowest BCUT2D eigenvalue weighted by Gasteiger charge is -2.29. The number of benzene rings is 3. The van der Waals surface area contributed by atoms with Crippen LogP contribution < -0.4 is 0 Å². The molecule has 1 aliphatic carbocycles. The van der Waals surface area contributed by atoms with Gasteiger partial charge in [-0.15, -0.1) is 0 Å². The molecule has 4 rings (SSSR count). The van der Waals surface area contributed by atoms with Crippen molar-refractivity contribution >= 4 is 10.8 Å². The molecule has 1 saturated carbocycles. The number of hydrogen-bond donors (Lipinski definition) is 0. The molecular weight excluding hydrogens is 466 g/mol. The number of hydrogen-bond acceptors (Lipinski definition) is 1. The molecule has 0 N–H and O–H groups in total. The Morgan fingerprint density at radius 3 is 2.17 bits per heavy atom. The topological polar surface area (TPSA) is 9.23 Å². The monoisotopic (exact) mass is 494 g/mol. The van der Waals surface area contributed by atoms with Gasteiger partial charge in [0.25, 0.3) is 0 Å². The predicted octanol–water partition coefficient (Wildman–Crippen LogP) is 8.37. The zero-order chi connectivity index (χ0) is 25.2. The average molecular weight is 495 g/mol. The lowest BCUT2D eigenvalue weighted by atomic mass is 9.77. The van der Waals surface area contributed by atoms with E-state index in [1.54, 1.807) is 19.2 Å². The third-order valence-corrected chi connectivity index (χ3v) is 7.17. The van der Waals surface area contributed by atoms with Gasteiger partial charge in [0.2, 0.25) is 0 Å². The second-order valence-corrected chi connectivity index (χ2v) is 9.45. The lowest BCUT2D eigenvalue weighted by molar-refractivity contribution is -0.142. The first-order valence-corrected chi connectivity index (χ1v) is 11.9. The third-order valence-electron chi connectivity index (χ3n) is 7.17. The van der Waals surface area contributed by atoms with Gasteiger partial charge in [0.15, 0.2) is 0 Å². The van der Waals surface area contributed by atoms with Gasteiger partial charge in [-0.25, -0.2) is 13.2 Å². The van der Waals surface area contributed by atoms with Crippen LogP contribution in [0.5, 0.6) is 0 Å². The van der Waals surface area contributed by atoms with Crippen LogP contribution in [0.2, 0.25) is 0 Å². The molecule has 35 heavy (non-hydrogen) atoms. The first-order valence-electron chi connectivity index (χ1n) is 11.9. The summed E-state index contributed by atoms with van der Waals surface area (Å²) in [6.07, 6.45) is 0.606. The summed E-state index contributed by atoms with van der Waals surface area (Å²) in [5, 5.41) is 1.25. The number of rotatable bonds is 7. The molecule has 3 aromatic rings. The van der Waals surface area contributed by atoms with Gasteiger partial charge in [-0.2, -0.15) is 13.2 Å². The Kier molecular flexibility index (Phi) is 7.74. The number of fused-ring (bicyclic) bond motifs is 1. The minimum absolute atomic E-state index is 0.0127. The largest absolute Gasteiger partial charge is 0.422 e. The molecule has 0 amide bonds. The summed E-state index contributed by atoms with van der Waals surface area (Å²) in [6.45, 7) is 0.787. The molecule has 0 heterocycles. The first-order chi connectivity index (χ1) is 16.7. The van der Waals surface area contributed by atoms with Gasteiger partial charge in [0, 0.05) is 19.1 Å². The Balaban J connectivity index is 1.46. The minimum Gasteiger partial charge on any atom is -0.385 e. The fourth-order valence-electron chi connectivity index (χ4n) is 5.19. The van der Waals surface area contributed by atoms with E-state index in [9.17, 15) is 22.0 Å². The van der Waals surface area contributed by atoms with Crippen LogP contribution in [0, 0.1) is 23.4 Å². The molecule has 0 aliphatic heterocycles. The van der Waals surface area contributed by atoms with Crippen LogP contribution in [0.15, 0.2) is 42.5 Å². The van der Waals surface area contributed by atoms with Crippen molar-refractivity contribution in [2.24, 2.45) is 5.92 Å². The third kappa shape index (κ3) is 5.83. The van der Waals surface area contributed by atoms with Crippen molar-refractivity contribution in [3.05, 3.63) is 82.2 Å². The molecule has 7 heteroatoms. The summed E-state index contributed by atoms with van der Waals surface area (Å²) in [5.74, 6) is -2.59. The summed E-state index contributed by atoms with van der Waals surface area (Å²) in [7, 11) is 1.72. The van der Waals surface area contributed by atoms with Gasteiger partial charge in [-0.3, -0.25) is 0 Å². The molecule has 3 aromatic carbocycles. The number of alkyl halides is 3.